The van der Waals surface area contributed by atoms with Crippen molar-refractivity contribution in [2.24, 2.45) is 0 Å². The molecule has 0 amide bonds. The molecular formula is C4H7Br2NSSe. The van der Waals surface area contributed by atoms with Crippen LogP contribution in [0.4, 0.5) is 0 Å². The summed E-state index contributed by atoms with van der Waals surface area (Å²) < 4.78 is 1.51. The van der Waals surface area contributed by atoms with Crippen LogP contribution in [-0.2, 0) is 0 Å². The van der Waals surface area contributed by atoms with Crippen molar-refractivity contribution in [1.82, 2.24) is 4.90 Å². The molecule has 0 saturated carbocycles. The number of rotatable bonds is 0. The maximum absolute atomic E-state index is 3.58. The Labute approximate surface area is 77.4 Å². The molecule has 1 rings (SSSR count). The fourth-order valence-electron chi connectivity index (χ4n) is 0.634. The summed E-state index contributed by atoms with van der Waals surface area (Å²) in [6.45, 7) is 1.21. The van der Waals surface area contributed by atoms with Crippen LogP contribution in [-0.4, -0.2) is 38.0 Å². The Morgan fingerprint density at radius 2 is 2.33 bits per heavy atom. The zero-order valence-corrected chi connectivity index (χ0v) is 10.6. The van der Waals surface area contributed by atoms with E-state index < -0.39 is 9.85 Å². The van der Waals surface area contributed by atoms with Crippen molar-refractivity contribution >= 4 is 53.7 Å². The minimum atomic E-state index is -0.730. The molecule has 0 unspecified atom stereocenters. The second-order valence-corrected chi connectivity index (χ2v) is 16.4. The van der Waals surface area contributed by atoms with E-state index in [1.807, 2.05) is 11.8 Å². The van der Waals surface area contributed by atoms with Crippen molar-refractivity contribution in [3.05, 3.63) is 0 Å². The Balaban J connectivity index is 2.70. The Hall–Kier alpha value is 1.66. The van der Waals surface area contributed by atoms with Crippen molar-refractivity contribution in [2.45, 2.75) is 0 Å². The quantitative estimate of drug-likeness (QED) is 0.617. The van der Waals surface area contributed by atoms with E-state index in [0.717, 1.165) is 0 Å². The van der Waals surface area contributed by atoms with E-state index in [9.17, 15) is 0 Å². The SMILES string of the molecule is CN1CCSC1=[Se](Br)Br. The second kappa shape index (κ2) is 3.88. The van der Waals surface area contributed by atoms with E-state index in [1.54, 1.807) is 0 Å². The van der Waals surface area contributed by atoms with E-state index in [0.29, 0.717) is 0 Å². The number of thioether (sulfide) groups is 1. The van der Waals surface area contributed by atoms with Gasteiger partial charge in [-0.25, -0.2) is 0 Å². The van der Waals surface area contributed by atoms with E-state index >= 15 is 0 Å². The van der Waals surface area contributed by atoms with Crippen molar-refractivity contribution in [2.75, 3.05) is 19.3 Å². The molecule has 1 heterocycles. The van der Waals surface area contributed by atoms with E-state index in [4.69, 9.17) is 0 Å². The van der Waals surface area contributed by atoms with Crippen molar-refractivity contribution < 1.29 is 0 Å². The molecule has 1 aliphatic heterocycles. The molecule has 0 spiro atoms. The fraction of sp³-hybridized carbons (Fsp3) is 0.750. The second-order valence-electron chi connectivity index (χ2n) is 1.75. The van der Waals surface area contributed by atoms with Crippen LogP contribution >= 0.6 is 40.0 Å². The molecule has 0 bridgehead atoms. The molecule has 54 valence electrons. The van der Waals surface area contributed by atoms with E-state index in [1.165, 1.54) is 16.2 Å². The molecular weight excluding hydrogens is 333 g/mol. The van der Waals surface area contributed by atoms with Gasteiger partial charge in [0.15, 0.2) is 0 Å². The molecule has 0 aromatic heterocycles. The molecule has 0 aromatic rings. The fourth-order valence-corrected chi connectivity index (χ4v) is 8.83. The Morgan fingerprint density at radius 1 is 1.67 bits per heavy atom. The summed E-state index contributed by atoms with van der Waals surface area (Å²) in [7, 11) is 1.42. The van der Waals surface area contributed by atoms with Gasteiger partial charge in [-0.05, 0) is 0 Å². The predicted octanol–water partition coefficient (Wildman–Crippen LogP) is 1.61. The number of halogens is 2. The van der Waals surface area contributed by atoms with Gasteiger partial charge in [0.2, 0.25) is 0 Å². The van der Waals surface area contributed by atoms with E-state index in [2.05, 4.69) is 40.2 Å². The monoisotopic (exact) mass is 339 g/mol. The number of nitrogens with zero attached hydrogens (tertiary/aromatic N) is 1. The summed E-state index contributed by atoms with van der Waals surface area (Å²) >= 11 is 9.13. The summed E-state index contributed by atoms with van der Waals surface area (Å²) in [6, 6.07) is 0. The molecule has 1 saturated heterocycles. The number of hydrogen-bond acceptors (Lipinski definition) is 2. The molecule has 0 N–H and O–H groups in total. The third-order valence-electron chi connectivity index (χ3n) is 1.10. The molecule has 0 radical (unpaired) electrons. The predicted molar refractivity (Wildman–Crippen MR) is 53.7 cm³/mol. The van der Waals surface area contributed by atoms with Gasteiger partial charge in [-0.2, -0.15) is 0 Å². The summed E-state index contributed by atoms with van der Waals surface area (Å²) in [5, 5.41) is 0. The van der Waals surface area contributed by atoms with Crippen molar-refractivity contribution in [3.8, 4) is 0 Å². The van der Waals surface area contributed by atoms with Gasteiger partial charge in [-0.1, -0.05) is 0 Å². The standard InChI is InChI=1S/C4H7Br2NSSe/c1-7-2-3-8-4(7)9(5)6/h2-3H2,1H3. The summed E-state index contributed by atoms with van der Waals surface area (Å²) in [4.78, 5) is 2.32. The first-order chi connectivity index (χ1) is 4.22. The van der Waals surface area contributed by atoms with Crippen molar-refractivity contribution in [3.63, 3.8) is 0 Å². The zero-order chi connectivity index (χ0) is 6.85. The Bertz CT molecular complexity index is 146. The van der Waals surface area contributed by atoms with Gasteiger partial charge in [-0.3, -0.25) is 0 Å². The Morgan fingerprint density at radius 3 is 2.56 bits per heavy atom. The molecule has 0 atom stereocenters. The molecule has 1 nitrogen and oxygen atoms in total. The average molecular weight is 340 g/mol. The normalized spacial score (nSPS) is 22.0. The summed E-state index contributed by atoms with van der Waals surface area (Å²) in [5.41, 5.74) is 0. The minimum absolute atomic E-state index is 0.730. The molecule has 0 aliphatic carbocycles. The van der Waals surface area contributed by atoms with Crippen LogP contribution in [0.15, 0.2) is 0 Å². The van der Waals surface area contributed by atoms with Crippen LogP contribution in [0.2, 0.25) is 0 Å². The summed E-state index contributed by atoms with van der Waals surface area (Å²) in [5.74, 6) is 1.25. The third kappa shape index (κ3) is 2.31. The van der Waals surface area contributed by atoms with Crippen LogP contribution in [0.3, 0.4) is 0 Å². The first-order valence-corrected chi connectivity index (χ1v) is 12.4. The maximum atomic E-state index is 3.58. The zero-order valence-electron chi connectivity index (χ0n) is 4.93. The number of hydrogen-bond donors (Lipinski definition) is 0. The van der Waals surface area contributed by atoms with Crippen molar-refractivity contribution in [1.29, 1.82) is 0 Å². The molecule has 9 heavy (non-hydrogen) atoms. The van der Waals surface area contributed by atoms with Gasteiger partial charge in [0, 0.05) is 0 Å². The average Bonchev–Trinajstić information content (AvgIpc) is 2.13. The van der Waals surface area contributed by atoms with Gasteiger partial charge in [-0.15, -0.1) is 0 Å². The van der Waals surface area contributed by atoms with Gasteiger partial charge in [0.25, 0.3) is 0 Å². The first kappa shape index (κ1) is 8.75. The molecule has 0 aromatic carbocycles. The van der Waals surface area contributed by atoms with Crippen LogP contribution in [0.25, 0.3) is 0 Å². The Kier molecular flexibility index (Phi) is 3.78. The molecule has 5 heteroatoms. The van der Waals surface area contributed by atoms with Gasteiger partial charge < -0.3 is 0 Å². The first-order valence-electron chi connectivity index (χ1n) is 2.49. The summed E-state index contributed by atoms with van der Waals surface area (Å²) in [6.07, 6.45) is 0. The van der Waals surface area contributed by atoms with Gasteiger partial charge in [0.1, 0.15) is 0 Å². The topological polar surface area (TPSA) is 3.24 Å². The third-order valence-corrected chi connectivity index (χ3v) is 10.3. The van der Waals surface area contributed by atoms with E-state index in [-0.39, 0.29) is 0 Å². The van der Waals surface area contributed by atoms with Gasteiger partial charge in [0.05, 0.1) is 0 Å². The molecule has 1 fully saturated rings. The van der Waals surface area contributed by atoms with Crippen LogP contribution in [0.5, 0.6) is 0 Å². The van der Waals surface area contributed by atoms with Crippen LogP contribution in [0.1, 0.15) is 0 Å². The molecule has 1 aliphatic rings. The van der Waals surface area contributed by atoms with Gasteiger partial charge >= 0.3 is 77.9 Å². The van der Waals surface area contributed by atoms with Crippen LogP contribution in [0, 0.1) is 0 Å². The van der Waals surface area contributed by atoms with Crippen LogP contribution < -0.4 is 0 Å².